The highest BCUT2D eigenvalue weighted by Gasteiger charge is 2.40. The molecule has 0 saturated carbocycles. The fourth-order valence-electron chi connectivity index (χ4n) is 3.02. The Morgan fingerprint density at radius 3 is 2.62 bits per heavy atom. The van der Waals surface area contributed by atoms with Crippen LogP contribution in [0.3, 0.4) is 0 Å². The lowest BCUT2D eigenvalue weighted by molar-refractivity contribution is -0.141. The molecule has 6 nitrogen and oxygen atoms in total. The number of aliphatic carboxylic acids is 1. The van der Waals surface area contributed by atoms with Crippen LogP contribution in [0.25, 0.3) is 0 Å². The van der Waals surface area contributed by atoms with E-state index >= 15 is 0 Å². The largest absolute Gasteiger partial charge is 0.481 e. The van der Waals surface area contributed by atoms with Gasteiger partial charge < -0.3 is 10.0 Å². The number of rotatable bonds is 3. The van der Waals surface area contributed by atoms with E-state index in [1.165, 1.54) is 25.2 Å². The normalized spacial score (nSPS) is 20.4. The number of carboxylic acid groups (broad SMARTS) is 1. The molecule has 1 aromatic carbocycles. The van der Waals surface area contributed by atoms with E-state index in [9.17, 15) is 23.5 Å². The van der Waals surface area contributed by atoms with E-state index in [2.05, 4.69) is 5.10 Å². The zero-order valence-electron chi connectivity index (χ0n) is 12.8. The van der Waals surface area contributed by atoms with Gasteiger partial charge in [-0.25, -0.2) is 13.5 Å². The first-order valence-corrected chi connectivity index (χ1v) is 7.34. The molecule has 8 heteroatoms. The van der Waals surface area contributed by atoms with Crippen molar-refractivity contribution in [1.82, 2.24) is 9.78 Å². The van der Waals surface area contributed by atoms with E-state index in [0.717, 1.165) is 16.8 Å². The number of benzene rings is 1. The molecule has 1 N–H and O–H groups in total. The molecule has 1 aliphatic rings. The third-order valence-electron chi connectivity index (χ3n) is 4.27. The molecule has 1 unspecified atom stereocenters. The first-order chi connectivity index (χ1) is 11.4. The molecule has 24 heavy (non-hydrogen) atoms. The van der Waals surface area contributed by atoms with Crippen LogP contribution >= 0.6 is 0 Å². The molecule has 0 spiro atoms. The topological polar surface area (TPSA) is 75.4 Å². The maximum Gasteiger partial charge on any atom is 0.308 e. The number of halogens is 2. The molecule has 126 valence electrons. The number of carbonyl (C=O) groups is 1. The monoisotopic (exact) mass is 335 g/mol. The summed E-state index contributed by atoms with van der Waals surface area (Å²) in [5.74, 6) is -3.59. The summed E-state index contributed by atoms with van der Waals surface area (Å²) in [5, 5.41) is 13.6. The standard InChI is InChI=1S/C16H15F2N3O3/c1-20-15(22)5-4-14(19-20)21-7-11(12(8-21)16(23)24)10-3-2-9(17)6-13(10)18/h2-6,11-12H,7-8H2,1H3,(H,23,24)/t11-,12?/m0/s1. The number of aryl methyl sites for hydroxylation is 1. The minimum absolute atomic E-state index is 0.127. The van der Waals surface area contributed by atoms with Gasteiger partial charge in [0.15, 0.2) is 0 Å². The number of hydrogen-bond donors (Lipinski definition) is 1. The molecule has 1 aromatic heterocycles. The molecule has 1 saturated heterocycles. The van der Waals surface area contributed by atoms with Gasteiger partial charge in [-0.15, -0.1) is 0 Å². The second-order valence-electron chi connectivity index (χ2n) is 5.78. The van der Waals surface area contributed by atoms with Crippen molar-refractivity contribution in [1.29, 1.82) is 0 Å². The Balaban J connectivity index is 1.96. The van der Waals surface area contributed by atoms with Gasteiger partial charge in [0.1, 0.15) is 17.5 Å². The zero-order chi connectivity index (χ0) is 17.4. The van der Waals surface area contributed by atoms with E-state index in [4.69, 9.17) is 0 Å². The third-order valence-corrected chi connectivity index (χ3v) is 4.27. The van der Waals surface area contributed by atoms with Gasteiger partial charge in [-0.2, -0.15) is 5.10 Å². The number of hydrogen-bond acceptors (Lipinski definition) is 4. The maximum atomic E-state index is 14.1. The quantitative estimate of drug-likeness (QED) is 0.917. The van der Waals surface area contributed by atoms with Gasteiger partial charge >= 0.3 is 5.97 Å². The third kappa shape index (κ3) is 2.86. The SMILES string of the molecule is Cn1nc(N2CC(C(=O)O)[C@H](c3ccc(F)cc3F)C2)ccc1=O. The Hall–Kier alpha value is -2.77. The van der Waals surface area contributed by atoms with Crippen LogP contribution in [0.2, 0.25) is 0 Å². The van der Waals surface area contributed by atoms with Crippen LogP contribution in [0.1, 0.15) is 11.5 Å². The van der Waals surface area contributed by atoms with Crippen LogP contribution in [0.5, 0.6) is 0 Å². The van der Waals surface area contributed by atoms with E-state index in [0.29, 0.717) is 5.82 Å². The summed E-state index contributed by atoms with van der Waals surface area (Å²) >= 11 is 0. The summed E-state index contributed by atoms with van der Waals surface area (Å²) in [6.45, 7) is 0.340. The van der Waals surface area contributed by atoms with Crippen LogP contribution in [0.15, 0.2) is 35.1 Å². The van der Waals surface area contributed by atoms with Gasteiger partial charge in [-0.1, -0.05) is 6.07 Å². The minimum atomic E-state index is -1.06. The Morgan fingerprint density at radius 2 is 2.00 bits per heavy atom. The van der Waals surface area contributed by atoms with Crippen LogP contribution < -0.4 is 10.5 Å². The second kappa shape index (κ2) is 6.03. The maximum absolute atomic E-state index is 14.1. The highest BCUT2D eigenvalue weighted by molar-refractivity contribution is 5.73. The summed E-state index contributed by atoms with van der Waals surface area (Å²) in [6.07, 6.45) is 0. The van der Waals surface area contributed by atoms with Crippen molar-refractivity contribution in [2.75, 3.05) is 18.0 Å². The van der Waals surface area contributed by atoms with Gasteiger partial charge in [0.05, 0.1) is 5.92 Å². The van der Waals surface area contributed by atoms with E-state index in [1.54, 1.807) is 4.90 Å². The molecule has 0 radical (unpaired) electrons. The lowest BCUT2D eigenvalue weighted by atomic mass is 9.88. The molecule has 2 aromatic rings. The molecule has 1 aliphatic heterocycles. The summed E-state index contributed by atoms with van der Waals surface area (Å²) in [7, 11) is 1.49. The van der Waals surface area contributed by atoms with Crippen LogP contribution in [-0.4, -0.2) is 33.9 Å². The van der Waals surface area contributed by atoms with Gasteiger partial charge in [0.25, 0.3) is 5.56 Å². The highest BCUT2D eigenvalue weighted by Crippen LogP contribution is 2.36. The van der Waals surface area contributed by atoms with Gasteiger partial charge in [-0.3, -0.25) is 9.59 Å². The van der Waals surface area contributed by atoms with Crippen LogP contribution in [0.4, 0.5) is 14.6 Å². The van der Waals surface area contributed by atoms with Crippen LogP contribution in [0, 0.1) is 17.6 Å². The predicted molar refractivity (Wildman–Crippen MR) is 81.9 cm³/mol. The van der Waals surface area contributed by atoms with Gasteiger partial charge in [-0.05, 0) is 17.7 Å². The molecule has 2 atom stereocenters. The first kappa shape index (κ1) is 16.1. The van der Waals surface area contributed by atoms with E-state index < -0.39 is 29.4 Å². The van der Waals surface area contributed by atoms with Crippen molar-refractivity contribution in [3.8, 4) is 0 Å². The zero-order valence-corrected chi connectivity index (χ0v) is 12.8. The van der Waals surface area contributed by atoms with E-state index in [-0.39, 0.29) is 24.2 Å². The van der Waals surface area contributed by atoms with Crippen molar-refractivity contribution >= 4 is 11.8 Å². The Morgan fingerprint density at radius 1 is 1.25 bits per heavy atom. The predicted octanol–water partition coefficient (Wildman–Crippen LogP) is 1.36. The molecule has 0 aliphatic carbocycles. The lowest BCUT2D eigenvalue weighted by Gasteiger charge is -2.17. The van der Waals surface area contributed by atoms with Crippen LogP contribution in [-0.2, 0) is 11.8 Å². The van der Waals surface area contributed by atoms with Crippen molar-refractivity contribution in [3.05, 3.63) is 57.9 Å². The molecule has 1 fully saturated rings. The number of aromatic nitrogens is 2. The van der Waals surface area contributed by atoms with Crippen molar-refractivity contribution in [2.24, 2.45) is 13.0 Å². The van der Waals surface area contributed by atoms with Crippen molar-refractivity contribution < 1.29 is 18.7 Å². The Labute approximate surface area is 135 Å². The number of anilines is 1. The number of carboxylic acids is 1. The Bertz CT molecular complexity index is 853. The lowest BCUT2D eigenvalue weighted by Crippen LogP contribution is -2.27. The minimum Gasteiger partial charge on any atom is -0.481 e. The molecule has 3 rings (SSSR count). The summed E-state index contributed by atoms with van der Waals surface area (Å²) in [4.78, 5) is 24.7. The van der Waals surface area contributed by atoms with Crippen molar-refractivity contribution in [3.63, 3.8) is 0 Å². The summed E-state index contributed by atoms with van der Waals surface area (Å²) in [6, 6.07) is 5.99. The summed E-state index contributed by atoms with van der Waals surface area (Å²) < 4.78 is 28.3. The molecular weight excluding hydrogens is 320 g/mol. The first-order valence-electron chi connectivity index (χ1n) is 7.34. The molecule has 0 amide bonds. The second-order valence-corrected chi connectivity index (χ2v) is 5.78. The van der Waals surface area contributed by atoms with Gasteiger partial charge in [0.2, 0.25) is 0 Å². The molecular formula is C16H15F2N3O3. The average molecular weight is 335 g/mol. The number of nitrogens with zero attached hydrogens (tertiary/aromatic N) is 3. The van der Waals surface area contributed by atoms with Crippen molar-refractivity contribution in [2.45, 2.75) is 5.92 Å². The smallest absolute Gasteiger partial charge is 0.308 e. The Kier molecular flexibility index (Phi) is 4.04. The highest BCUT2D eigenvalue weighted by atomic mass is 19.1. The molecule has 2 heterocycles. The fraction of sp³-hybridized carbons (Fsp3) is 0.312. The molecule has 0 bridgehead atoms. The summed E-state index contributed by atoms with van der Waals surface area (Å²) in [5.41, 5.74) is -0.120. The van der Waals surface area contributed by atoms with E-state index in [1.807, 2.05) is 0 Å². The average Bonchev–Trinajstić information content (AvgIpc) is 2.95. The fourth-order valence-corrected chi connectivity index (χ4v) is 3.02. The van der Waals surface area contributed by atoms with Gasteiger partial charge in [0, 0.05) is 38.2 Å².